The van der Waals surface area contributed by atoms with Gasteiger partial charge >= 0.3 is 5.97 Å². The van der Waals surface area contributed by atoms with Gasteiger partial charge in [-0.2, -0.15) is 0 Å². The van der Waals surface area contributed by atoms with Gasteiger partial charge in [0.25, 0.3) is 0 Å². The summed E-state index contributed by atoms with van der Waals surface area (Å²) in [5, 5.41) is 0. The molecule has 0 bridgehead atoms. The van der Waals surface area contributed by atoms with Crippen LogP contribution in [0.3, 0.4) is 0 Å². The average Bonchev–Trinajstić information content (AvgIpc) is 2.75. The van der Waals surface area contributed by atoms with E-state index >= 15 is 0 Å². The summed E-state index contributed by atoms with van der Waals surface area (Å²) in [7, 11) is 1.32. The first kappa shape index (κ1) is 18.5. The van der Waals surface area contributed by atoms with Crippen LogP contribution in [0.5, 0.6) is 0 Å². The number of unbranched alkanes of at least 4 members (excludes halogenated alkanes) is 2. The van der Waals surface area contributed by atoms with Crippen LogP contribution in [-0.2, 0) is 23.9 Å². The van der Waals surface area contributed by atoms with Crippen LogP contribution in [0.4, 0.5) is 0 Å². The van der Waals surface area contributed by atoms with Crippen molar-refractivity contribution in [1.82, 2.24) is 0 Å². The summed E-state index contributed by atoms with van der Waals surface area (Å²) in [5.41, 5.74) is 0. The largest absolute Gasteiger partial charge is 0.469 e. The first-order valence-electron chi connectivity index (χ1n) is 8.03. The van der Waals surface area contributed by atoms with Crippen LogP contribution in [-0.4, -0.2) is 30.4 Å². The van der Waals surface area contributed by atoms with E-state index in [0.29, 0.717) is 12.8 Å². The van der Waals surface area contributed by atoms with Crippen molar-refractivity contribution in [3.8, 4) is 0 Å². The third kappa shape index (κ3) is 5.04. The molecule has 0 spiro atoms. The van der Waals surface area contributed by atoms with Crippen LogP contribution in [0.2, 0.25) is 0 Å². The van der Waals surface area contributed by atoms with E-state index in [2.05, 4.69) is 6.92 Å². The minimum Gasteiger partial charge on any atom is -0.469 e. The zero-order valence-electron chi connectivity index (χ0n) is 13.7. The van der Waals surface area contributed by atoms with Gasteiger partial charge in [-0.25, -0.2) is 0 Å². The van der Waals surface area contributed by atoms with Crippen molar-refractivity contribution in [2.45, 2.75) is 58.8 Å². The van der Waals surface area contributed by atoms with Gasteiger partial charge in [0.05, 0.1) is 19.4 Å². The smallest absolute Gasteiger partial charge is 0.305 e. The van der Waals surface area contributed by atoms with E-state index in [1.165, 1.54) is 14.0 Å². The quantitative estimate of drug-likeness (QED) is 0.371. The number of carbonyl (C=O) groups excluding carboxylic acids is 4. The number of Topliss-reactive ketones (excluding diaryl/α,β-unsaturated/α-hetero) is 3. The standard InChI is InChI=1S/C17H26O5/c1-4-5-6-7-13-12(10-16(20)22-3)9-14(17(13)21)15(19)8-11(2)18/h12-14H,4-10H2,1-3H3. The number of carbonyl (C=O) groups is 4. The third-order valence-corrected chi connectivity index (χ3v) is 4.40. The summed E-state index contributed by atoms with van der Waals surface area (Å²) >= 11 is 0. The van der Waals surface area contributed by atoms with Crippen molar-refractivity contribution in [1.29, 1.82) is 0 Å². The molecule has 1 aliphatic carbocycles. The molecular weight excluding hydrogens is 284 g/mol. The zero-order valence-corrected chi connectivity index (χ0v) is 13.7. The van der Waals surface area contributed by atoms with Crippen LogP contribution in [0.1, 0.15) is 58.8 Å². The lowest BCUT2D eigenvalue weighted by Crippen LogP contribution is -2.24. The Morgan fingerprint density at radius 3 is 2.45 bits per heavy atom. The Bertz CT molecular complexity index is 440. The number of hydrogen-bond donors (Lipinski definition) is 0. The lowest BCUT2D eigenvalue weighted by atomic mass is 9.88. The molecule has 1 rings (SSSR count). The molecule has 0 radical (unpaired) electrons. The number of esters is 1. The number of rotatable bonds is 9. The van der Waals surface area contributed by atoms with Crippen molar-refractivity contribution < 1.29 is 23.9 Å². The molecule has 0 heterocycles. The summed E-state index contributed by atoms with van der Waals surface area (Å²) in [6.45, 7) is 3.43. The van der Waals surface area contributed by atoms with Crippen LogP contribution in [0.25, 0.3) is 0 Å². The predicted molar refractivity (Wildman–Crippen MR) is 81.2 cm³/mol. The number of methoxy groups -OCH3 is 1. The molecule has 0 N–H and O–H groups in total. The fraction of sp³-hybridized carbons (Fsp3) is 0.765. The Balaban J connectivity index is 2.79. The summed E-state index contributed by atoms with van der Waals surface area (Å²) < 4.78 is 4.69. The van der Waals surface area contributed by atoms with Crippen LogP contribution < -0.4 is 0 Å². The van der Waals surface area contributed by atoms with Gasteiger partial charge in [0.2, 0.25) is 0 Å². The lowest BCUT2D eigenvalue weighted by molar-refractivity contribution is -0.142. The maximum absolute atomic E-state index is 12.5. The van der Waals surface area contributed by atoms with Gasteiger partial charge in [0.1, 0.15) is 11.6 Å². The average molecular weight is 310 g/mol. The Hall–Kier alpha value is -1.52. The lowest BCUT2D eigenvalue weighted by Gasteiger charge is -2.16. The molecule has 22 heavy (non-hydrogen) atoms. The van der Waals surface area contributed by atoms with Gasteiger partial charge in [0.15, 0.2) is 5.78 Å². The normalized spacial score (nSPS) is 24.3. The van der Waals surface area contributed by atoms with E-state index in [-0.39, 0.29) is 48.0 Å². The third-order valence-electron chi connectivity index (χ3n) is 4.40. The molecule has 0 aromatic rings. The van der Waals surface area contributed by atoms with Gasteiger partial charge in [-0.3, -0.25) is 19.2 Å². The van der Waals surface area contributed by atoms with Crippen molar-refractivity contribution in [3.05, 3.63) is 0 Å². The zero-order chi connectivity index (χ0) is 16.7. The van der Waals surface area contributed by atoms with E-state index in [1.807, 2.05) is 0 Å². The molecule has 1 aliphatic rings. The fourth-order valence-corrected chi connectivity index (χ4v) is 3.25. The van der Waals surface area contributed by atoms with Gasteiger partial charge in [-0.05, 0) is 25.7 Å². The Labute approximate surface area is 131 Å². The van der Waals surface area contributed by atoms with Crippen LogP contribution in [0, 0.1) is 17.8 Å². The molecule has 3 unspecified atom stereocenters. The summed E-state index contributed by atoms with van der Waals surface area (Å²) in [6, 6.07) is 0. The van der Waals surface area contributed by atoms with Crippen molar-refractivity contribution >= 4 is 23.3 Å². The molecular formula is C17H26O5. The first-order valence-corrected chi connectivity index (χ1v) is 8.03. The molecule has 0 aliphatic heterocycles. The van der Waals surface area contributed by atoms with Crippen LogP contribution in [0.15, 0.2) is 0 Å². The van der Waals surface area contributed by atoms with Gasteiger partial charge in [0, 0.05) is 12.3 Å². The van der Waals surface area contributed by atoms with Crippen molar-refractivity contribution in [3.63, 3.8) is 0 Å². The SMILES string of the molecule is CCCCCC1C(=O)C(C(=O)CC(C)=O)CC1CC(=O)OC. The Kier molecular flexibility index (Phi) is 7.42. The highest BCUT2D eigenvalue weighted by Gasteiger charge is 2.45. The van der Waals surface area contributed by atoms with E-state index in [9.17, 15) is 19.2 Å². The minimum atomic E-state index is -0.717. The van der Waals surface area contributed by atoms with Crippen molar-refractivity contribution in [2.24, 2.45) is 17.8 Å². The Morgan fingerprint density at radius 1 is 1.23 bits per heavy atom. The molecule has 5 heteroatoms. The van der Waals surface area contributed by atoms with E-state index in [4.69, 9.17) is 4.74 Å². The molecule has 1 fully saturated rings. The summed E-state index contributed by atoms with van der Waals surface area (Å²) in [4.78, 5) is 47.2. The van der Waals surface area contributed by atoms with Crippen molar-refractivity contribution in [2.75, 3.05) is 7.11 Å². The Morgan fingerprint density at radius 2 is 1.91 bits per heavy atom. The molecule has 5 nitrogen and oxygen atoms in total. The van der Waals surface area contributed by atoms with E-state index in [0.717, 1.165) is 19.3 Å². The monoisotopic (exact) mass is 310 g/mol. The predicted octanol–water partition coefficient (Wildman–Crippen LogP) is 2.50. The molecule has 0 aromatic carbocycles. The maximum Gasteiger partial charge on any atom is 0.305 e. The van der Waals surface area contributed by atoms with Gasteiger partial charge < -0.3 is 4.74 Å². The fourth-order valence-electron chi connectivity index (χ4n) is 3.25. The number of hydrogen-bond acceptors (Lipinski definition) is 5. The molecule has 1 saturated carbocycles. The second-order valence-electron chi connectivity index (χ2n) is 6.18. The number of ether oxygens (including phenoxy) is 1. The second-order valence-corrected chi connectivity index (χ2v) is 6.18. The summed E-state index contributed by atoms with van der Waals surface area (Å²) in [6.07, 6.45) is 4.05. The molecule has 124 valence electrons. The highest BCUT2D eigenvalue weighted by atomic mass is 16.5. The topological polar surface area (TPSA) is 77.5 Å². The van der Waals surface area contributed by atoms with Gasteiger partial charge in [-0.1, -0.05) is 26.2 Å². The minimum absolute atomic E-state index is 0.0868. The molecule has 3 atom stereocenters. The molecule has 0 amide bonds. The highest BCUT2D eigenvalue weighted by Crippen LogP contribution is 2.39. The summed E-state index contributed by atoms with van der Waals surface area (Å²) in [5.74, 6) is -2.08. The maximum atomic E-state index is 12.5. The number of ketones is 3. The van der Waals surface area contributed by atoms with Gasteiger partial charge in [-0.15, -0.1) is 0 Å². The second kappa shape index (κ2) is 8.81. The molecule has 0 saturated heterocycles. The first-order chi connectivity index (χ1) is 10.4. The van der Waals surface area contributed by atoms with E-state index in [1.54, 1.807) is 0 Å². The molecule has 0 aromatic heterocycles. The highest BCUT2D eigenvalue weighted by molar-refractivity contribution is 6.10. The van der Waals surface area contributed by atoms with Crippen LogP contribution >= 0.6 is 0 Å². The van der Waals surface area contributed by atoms with E-state index < -0.39 is 5.92 Å².